The maximum absolute atomic E-state index is 3.25. The van der Waals surface area contributed by atoms with E-state index in [4.69, 9.17) is 0 Å². The molecule has 0 aromatic rings. The van der Waals surface area contributed by atoms with Gasteiger partial charge in [0.05, 0.1) is 0 Å². The number of hydrogen-bond donors (Lipinski definition) is 1. The van der Waals surface area contributed by atoms with E-state index >= 15 is 0 Å². The number of rotatable bonds is 7. The van der Waals surface area contributed by atoms with Crippen molar-refractivity contribution in [2.75, 3.05) is 27.2 Å². The summed E-state index contributed by atoms with van der Waals surface area (Å²) in [4.78, 5) is 2.45. The minimum absolute atomic E-state index is 0.270. The fourth-order valence-electron chi connectivity index (χ4n) is 1.61. The van der Waals surface area contributed by atoms with E-state index < -0.39 is 0 Å². The van der Waals surface area contributed by atoms with Crippen LogP contribution in [0, 0.1) is 5.92 Å². The molecule has 0 aliphatic rings. The molecule has 0 aliphatic heterocycles. The Bertz CT molecular complexity index is 141. The van der Waals surface area contributed by atoms with Crippen molar-refractivity contribution >= 4 is 0 Å². The molecule has 0 radical (unpaired) electrons. The van der Waals surface area contributed by atoms with Gasteiger partial charge in [0.1, 0.15) is 0 Å². The Morgan fingerprint density at radius 1 is 1.29 bits per heavy atom. The van der Waals surface area contributed by atoms with Gasteiger partial charge in [-0.3, -0.25) is 4.90 Å². The fourth-order valence-corrected chi connectivity index (χ4v) is 1.61. The average molecular weight is 200 g/mol. The van der Waals surface area contributed by atoms with Crippen molar-refractivity contribution in [3.05, 3.63) is 0 Å². The van der Waals surface area contributed by atoms with Gasteiger partial charge in [-0.25, -0.2) is 0 Å². The highest BCUT2D eigenvalue weighted by Gasteiger charge is 2.21. The normalized spacial score (nSPS) is 12.9. The first-order chi connectivity index (χ1) is 6.40. The zero-order chi connectivity index (χ0) is 11.2. The predicted octanol–water partition coefficient (Wildman–Crippen LogP) is 2.35. The van der Waals surface area contributed by atoms with Gasteiger partial charge in [0.25, 0.3) is 0 Å². The Balaban J connectivity index is 3.76. The average Bonchev–Trinajstić information content (AvgIpc) is 2.03. The lowest BCUT2D eigenvalue weighted by Crippen LogP contribution is -2.48. The van der Waals surface area contributed by atoms with E-state index in [0.29, 0.717) is 0 Å². The molecular formula is C12H28N2. The smallest absolute Gasteiger partial charge is 0.0274 e. The van der Waals surface area contributed by atoms with E-state index in [9.17, 15) is 0 Å². The van der Waals surface area contributed by atoms with Crippen molar-refractivity contribution in [2.24, 2.45) is 5.92 Å². The van der Waals surface area contributed by atoms with E-state index in [1.54, 1.807) is 0 Å². The van der Waals surface area contributed by atoms with Crippen LogP contribution in [0.1, 0.15) is 40.5 Å². The summed E-state index contributed by atoms with van der Waals surface area (Å²) in [7, 11) is 4.24. The monoisotopic (exact) mass is 200 g/mol. The molecule has 0 amide bonds. The van der Waals surface area contributed by atoms with Crippen LogP contribution in [0.4, 0.5) is 0 Å². The zero-order valence-corrected chi connectivity index (χ0v) is 10.9. The molecule has 0 aromatic heterocycles. The van der Waals surface area contributed by atoms with Gasteiger partial charge >= 0.3 is 0 Å². The minimum Gasteiger partial charge on any atom is -0.318 e. The molecule has 0 atom stereocenters. The molecule has 0 fully saturated rings. The van der Waals surface area contributed by atoms with Crippen LogP contribution >= 0.6 is 0 Å². The van der Waals surface area contributed by atoms with E-state index in [1.807, 2.05) is 7.05 Å². The molecule has 2 nitrogen and oxygen atoms in total. The first-order valence-electron chi connectivity index (χ1n) is 5.76. The molecule has 2 heteroatoms. The van der Waals surface area contributed by atoms with Gasteiger partial charge in [0.2, 0.25) is 0 Å². The number of nitrogens with one attached hydrogen (secondary N) is 1. The van der Waals surface area contributed by atoms with Crippen LogP contribution < -0.4 is 5.32 Å². The van der Waals surface area contributed by atoms with Crippen molar-refractivity contribution in [1.29, 1.82) is 0 Å². The third kappa shape index (κ3) is 5.61. The van der Waals surface area contributed by atoms with E-state index in [0.717, 1.165) is 12.5 Å². The van der Waals surface area contributed by atoms with Crippen LogP contribution in [0.25, 0.3) is 0 Å². The third-order valence-electron chi connectivity index (χ3n) is 2.92. The molecule has 0 unspecified atom stereocenters. The van der Waals surface area contributed by atoms with Gasteiger partial charge in [-0.05, 0) is 53.2 Å². The number of likely N-dealkylation sites (N-methyl/N-ethyl adjacent to an activating group) is 2. The van der Waals surface area contributed by atoms with Gasteiger partial charge in [0.15, 0.2) is 0 Å². The second kappa shape index (κ2) is 6.41. The summed E-state index contributed by atoms with van der Waals surface area (Å²) >= 11 is 0. The highest BCUT2D eigenvalue weighted by Crippen LogP contribution is 2.13. The van der Waals surface area contributed by atoms with Crippen molar-refractivity contribution in [1.82, 2.24) is 10.2 Å². The quantitative estimate of drug-likeness (QED) is 0.678. The van der Waals surface area contributed by atoms with Gasteiger partial charge in [-0.2, -0.15) is 0 Å². The lowest BCUT2D eigenvalue weighted by atomic mass is 10.0. The Morgan fingerprint density at radius 2 is 1.86 bits per heavy atom. The van der Waals surface area contributed by atoms with Gasteiger partial charge in [-0.1, -0.05) is 13.8 Å². The summed E-state index contributed by atoms with van der Waals surface area (Å²) in [6.45, 7) is 11.4. The van der Waals surface area contributed by atoms with Crippen LogP contribution in [0.2, 0.25) is 0 Å². The first kappa shape index (κ1) is 13.9. The molecular weight excluding hydrogens is 172 g/mol. The maximum atomic E-state index is 3.25. The summed E-state index contributed by atoms with van der Waals surface area (Å²) in [6.07, 6.45) is 2.64. The first-order valence-corrected chi connectivity index (χ1v) is 5.76. The second-order valence-electron chi connectivity index (χ2n) is 5.30. The molecule has 0 aromatic carbocycles. The van der Waals surface area contributed by atoms with Crippen LogP contribution in [0.15, 0.2) is 0 Å². The maximum Gasteiger partial charge on any atom is 0.0274 e. The highest BCUT2D eigenvalue weighted by atomic mass is 15.2. The number of hydrogen-bond acceptors (Lipinski definition) is 2. The fraction of sp³-hybridized carbons (Fsp3) is 1.00. The summed E-state index contributed by atoms with van der Waals surface area (Å²) in [5.41, 5.74) is 0.270. The van der Waals surface area contributed by atoms with Gasteiger partial charge in [-0.15, -0.1) is 0 Å². The summed E-state index contributed by atoms with van der Waals surface area (Å²) in [6, 6.07) is 0. The van der Waals surface area contributed by atoms with Crippen molar-refractivity contribution < 1.29 is 0 Å². The van der Waals surface area contributed by atoms with Crippen molar-refractivity contribution in [2.45, 2.75) is 46.1 Å². The molecule has 86 valence electrons. The summed E-state index contributed by atoms with van der Waals surface area (Å²) in [5.74, 6) is 0.829. The van der Waals surface area contributed by atoms with E-state index in [1.165, 1.54) is 19.4 Å². The van der Waals surface area contributed by atoms with Crippen molar-refractivity contribution in [3.63, 3.8) is 0 Å². The molecule has 1 N–H and O–H groups in total. The lowest BCUT2D eigenvalue weighted by Gasteiger charge is -2.35. The van der Waals surface area contributed by atoms with Crippen molar-refractivity contribution in [3.8, 4) is 0 Å². The van der Waals surface area contributed by atoms with Crippen LogP contribution in [0.3, 0.4) is 0 Å². The molecule has 0 rings (SSSR count). The summed E-state index contributed by atoms with van der Waals surface area (Å²) < 4.78 is 0. The molecule has 14 heavy (non-hydrogen) atoms. The van der Waals surface area contributed by atoms with Gasteiger partial charge < -0.3 is 5.32 Å². The third-order valence-corrected chi connectivity index (χ3v) is 2.92. The Labute approximate surface area is 90.1 Å². The topological polar surface area (TPSA) is 15.3 Å². The largest absolute Gasteiger partial charge is 0.318 e. The highest BCUT2D eigenvalue weighted by molar-refractivity contribution is 4.80. The minimum atomic E-state index is 0.270. The molecule has 0 saturated heterocycles. The molecule has 0 spiro atoms. The SMILES string of the molecule is CNCC(C)(C)N(C)CCCC(C)C. The lowest BCUT2D eigenvalue weighted by molar-refractivity contribution is 0.151. The predicted molar refractivity (Wildman–Crippen MR) is 64.7 cm³/mol. The zero-order valence-electron chi connectivity index (χ0n) is 10.9. The van der Waals surface area contributed by atoms with E-state index in [-0.39, 0.29) is 5.54 Å². The van der Waals surface area contributed by atoms with E-state index in [2.05, 4.69) is 45.0 Å². The van der Waals surface area contributed by atoms with Gasteiger partial charge in [0, 0.05) is 12.1 Å². The molecule has 0 aliphatic carbocycles. The Hall–Kier alpha value is -0.0800. The standard InChI is InChI=1S/C12H28N2/c1-11(2)8-7-9-14(6)12(3,4)10-13-5/h11,13H,7-10H2,1-6H3. The summed E-state index contributed by atoms with van der Waals surface area (Å²) in [5, 5.41) is 3.25. The molecule has 0 heterocycles. The second-order valence-corrected chi connectivity index (χ2v) is 5.30. The Kier molecular flexibility index (Phi) is 6.38. The van der Waals surface area contributed by atoms with Crippen LogP contribution in [-0.2, 0) is 0 Å². The Morgan fingerprint density at radius 3 is 2.29 bits per heavy atom. The molecule has 0 saturated carbocycles. The molecule has 0 bridgehead atoms. The van der Waals surface area contributed by atoms with Crippen LogP contribution in [-0.4, -0.2) is 37.6 Å². The van der Waals surface area contributed by atoms with Crippen LogP contribution in [0.5, 0.6) is 0 Å². The number of nitrogens with zero attached hydrogens (tertiary/aromatic N) is 1.